The van der Waals surface area contributed by atoms with E-state index in [9.17, 15) is 8.78 Å². The van der Waals surface area contributed by atoms with Crippen molar-refractivity contribution in [1.29, 1.82) is 5.26 Å². The maximum atomic E-state index is 14.0. The van der Waals surface area contributed by atoms with Crippen LogP contribution in [0.25, 0.3) is 0 Å². The topological polar surface area (TPSA) is 48.5 Å². The maximum Gasteiger partial charge on any atom is 0.135 e. The number of benzene rings is 2. The predicted molar refractivity (Wildman–Crippen MR) is 95.9 cm³/mol. The minimum atomic E-state index is -0.635. The second kappa shape index (κ2) is 9.43. The Kier molecular flexibility index (Phi) is 6.97. The Bertz CT molecular complexity index is 780. The number of aryl methyl sites for hydroxylation is 1. The van der Waals surface area contributed by atoms with Crippen LogP contribution in [-0.2, 0) is 6.42 Å². The molecule has 0 spiro atoms. The minimum Gasteiger partial charge on any atom is -0.206 e. The summed E-state index contributed by atoms with van der Waals surface area (Å²) in [5, 5.41) is 16.2. The fourth-order valence-corrected chi connectivity index (χ4v) is 2.32. The fraction of sp³-hybridized carbons (Fsp3) is 0.250. The Morgan fingerprint density at radius 2 is 1.64 bits per heavy atom. The lowest BCUT2D eigenvalue weighted by atomic mass is 10.0. The second-order valence-corrected chi connectivity index (χ2v) is 5.65. The smallest absolute Gasteiger partial charge is 0.135 e. The zero-order valence-electron chi connectivity index (χ0n) is 14.0. The number of hydrogen-bond acceptors (Lipinski definition) is 3. The van der Waals surface area contributed by atoms with Crippen LogP contribution in [0.4, 0.5) is 8.78 Å². The van der Waals surface area contributed by atoms with Crippen LogP contribution < -0.4 is 0 Å². The first-order valence-corrected chi connectivity index (χ1v) is 8.18. The third kappa shape index (κ3) is 5.61. The monoisotopic (exact) mass is 339 g/mol. The molecule has 0 fully saturated rings. The normalized spacial score (nSPS) is 11.3. The summed E-state index contributed by atoms with van der Waals surface area (Å²) in [6.45, 7) is 2.08. The maximum absolute atomic E-state index is 14.0. The Labute approximate surface area is 146 Å². The van der Waals surface area contributed by atoms with Crippen LogP contribution in [0.15, 0.2) is 46.6 Å². The lowest BCUT2D eigenvalue weighted by molar-refractivity contribution is 0.574. The van der Waals surface area contributed by atoms with Crippen LogP contribution in [0.3, 0.4) is 0 Å². The van der Waals surface area contributed by atoms with Crippen LogP contribution >= 0.6 is 0 Å². The molecule has 0 bridgehead atoms. The van der Waals surface area contributed by atoms with Crippen molar-refractivity contribution in [2.24, 2.45) is 10.2 Å². The Hall–Kier alpha value is -2.87. The summed E-state index contributed by atoms with van der Waals surface area (Å²) in [4.78, 5) is 0. The van der Waals surface area contributed by atoms with Crippen molar-refractivity contribution in [3.8, 4) is 6.07 Å². The van der Waals surface area contributed by atoms with Crippen molar-refractivity contribution in [1.82, 2.24) is 0 Å². The summed E-state index contributed by atoms with van der Waals surface area (Å²) in [7, 11) is 0. The Balaban J connectivity index is 2.04. The van der Waals surface area contributed by atoms with Gasteiger partial charge in [0.2, 0.25) is 0 Å². The van der Waals surface area contributed by atoms with E-state index < -0.39 is 11.6 Å². The number of nitrogens with zero attached hydrogens (tertiary/aromatic N) is 3. The highest BCUT2D eigenvalue weighted by atomic mass is 19.1. The lowest BCUT2D eigenvalue weighted by Crippen LogP contribution is -1.98. The zero-order chi connectivity index (χ0) is 18.1. The number of hydrogen-bond donors (Lipinski definition) is 0. The molecule has 0 aliphatic rings. The number of halogens is 2. The highest BCUT2D eigenvalue weighted by Gasteiger charge is 2.09. The van der Waals surface area contributed by atoms with Crippen molar-refractivity contribution in [2.45, 2.75) is 32.6 Å². The van der Waals surface area contributed by atoms with Gasteiger partial charge in [-0.15, -0.1) is 0 Å². The summed E-state index contributed by atoms with van der Waals surface area (Å²) in [6.07, 6.45) is 6.20. The van der Waals surface area contributed by atoms with Gasteiger partial charge < -0.3 is 0 Å². The quantitative estimate of drug-likeness (QED) is 0.397. The van der Waals surface area contributed by atoms with Gasteiger partial charge in [-0.1, -0.05) is 31.9 Å². The Morgan fingerprint density at radius 1 is 1.00 bits per heavy atom. The van der Waals surface area contributed by atoms with E-state index in [1.54, 1.807) is 24.3 Å². The number of rotatable bonds is 7. The zero-order valence-corrected chi connectivity index (χ0v) is 14.0. The summed E-state index contributed by atoms with van der Waals surface area (Å²) in [6, 6.07) is 11.5. The van der Waals surface area contributed by atoms with Gasteiger partial charge in [-0.05, 0) is 48.2 Å². The molecule has 0 saturated heterocycles. The summed E-state index contributed by atoms with van der Waals surface area (Å²) in [5.74, 6) is -1.27. The minimum absolute atomic E-state index is 0.198. The van der Waals surface area contributed by atoms with Gasteiger partial charge in [-0.2, -0.15) is 15.5 Å². The molecule has 0 N–H and O–H groups in total. The van der Waals surface area contributed by atoms with Crippen LogP contribution in [0.2, 0.25) is 0 Å². The van der Waals surface area contributed by atoms with Crippen LogP contribution in [-0.4, -0.2) is 12.4 Å². The van der Waals surface area contributed by atoms with E-state index in [0.29, 0.717) is 17.5 Å². The summed E-state index contributed by atoms with van der Waals surface area (Å²) in [5.41, 5.74) is 1.74. The molecule has 2 aromatic carbocycles. The summed E-state index contributed by atoms with van der Waals surface area (Å²) < 4.78 is 28.1. The van der Waals surface area contributed by atoms with Gasteiger partial charge in [0.25, 0.3) is 0 Å². The largest absolute Gasteiger partial charge is 0.206 e. The first-order valence-electron chi connectivity index (χ1n) is 8.18. The molecule has 0 aromatic heterocycles. The predicted octanol–water partition coefficient (Wildman–Crippen LogP) is 5.02. The van der Waals surface area contributed by atoms with Gasteiger partial charge in [0.05, 0.1) is 29.6 Å². The third-order valence-corrected chi connectivity index (χ3v) is 3.71. The van der Waals surface area contributed by atoms with Gasteiger partial charge in [-0.3, -0.25) is 0 Å². The molecule has 0 amide bonds. The van der Waals surface area contributed by atoms with Gasteiger partial charge in [0, 0.05) is 0 Å². The molecule has 5 heteroatoms. The number of unbranched alkanes of at least 4 members (excludes halogenated alkanes) is 2. The van der Waals surface area contributed by atoms with E-state index >= 15 is 0 Å². The molecule has 0 radical (unpaired) electrons. The molecule has 0 heterocycles. The summed E-state index contributed by atoms with van der Waals surface area (Å²) >= 11 is 0. The van der Waals surface area contributed by atoms with Crippen molar-refractivity contribution >= 4 is 12.4 Å². The van der Waals surface area contributed by atoms with E-state index in [2.05, 4.69) is 17.1 Å². The highest BCUT2D eigenvalue weighted by Crippen LogP contribution is 2.16. The molecule has 0 atom stereocenters. The Morgan fingerprint density at radius 3 is 2.24 bits per heavy atom. The average Bonchev–Trinajstić information content (AvgIpc) is 2.61. The highest BCUT2D eigenvalue weighted by molar-refractivity contribution is 5.83. The molecular weight excluding hydrogens is 320 g/mol. The van der Waals surface area contributed by atoms with Crippen molar-refractivity contribution < 1.29 is 8.78 Å². The first-order chi connectivity index (χ1) is 12.1. The van der Waals surface area contributed by atoms with Gasteiger partial charge in [0.1, 0.15) is 11.6 Å². The van der Waals surface area contributed by atoms with E-state index in [0.717, 1.165) is 31.0 Å². The van der Waals surface area contributed by atoms with Crippen LogP contribution in [0.1, 0.15) is 48.4 Å². The van der Waals surface area contributed by atoms with E-state index in [4.69, 9.17) is 5.26 Å². The molecule has 2 aromatic rings. The van der Waals surface area contributed by atoms with Crippen molar-refractivity contribution in [2.75, 3.05) is 0 Å². The van der Waals surface area contributed by atoms with E-state index in [-0.39, 0.29) is 5.56 Å². The van der Waals surface area contributed by atoms with Gasteiger partial charge >= 0.3 is 0 Å². The molecule has 128 valence electrons. The fourth-order valence-electron chi connectivity index (χ4n) is 2.32. The second-order valence-electron chi connectivity index (χ2n) is 5.65. The van der Waals surface area contributed by atoms with Gasteiger partial charge in [-0.25, -0.2) is 8.78 Å². The molecule has 0 aliphatic carbocycles. The molecule has 0 unspecified atom stereocenters. The molecule has 2 rings (SSSR count). The number of nitriles is 1. The van der Waals surface area contributed by atoms with E-state index in [1.165, 1.54) is 18.3 Å². The molecule has 25 heavy (non-hydrogen) atoms. The molecular formula is C20H19F2N3. The van der Waals surface area contributed by atoms with Crippen molar-refractivity contribution in [3.05, 3.63) is 70.3 Å². The molecule has 0 aliphatic heterocycles. The van der Waals surface area contributed by atoms with Crippen molar-refractivity contribution in [3.63, 3.8) is 0 Å². The SMILES string of the molecule is CCCCCc1cc(F)c(/C=N/N=C/c2ccc(C#N)cc2)c(F)c1. The average molecular weight is 339 g/mol. The first kappa shape index (κ1) is 18.5. The third-order valence-electron chi connectivity index (χ3n) is 3.71. The van der Waals surface area contributed by atoms with Crippen LogP contribution in [0.5, 0.6) is 0 Å². The standard InChI is InChI=1S/C20H19F2N3/c1-2-3-4-5-17-10-19(21)18(20(22)11-17)14-25-24-13-16-8-6-15(12-23)7-9-16/h6-11,13-14H,2-5H2,1H3/b24-13+,25-14+. The molecule has 3 nitrogen and oxygen atoms in total. The van der Waals surface area contributed by atoms with Gasteiger partial charge in [0.15, 0.2) is 0 Å². The molecule has 0 saturated carbocycles. The van der Waals surface area contributed by atoms with E-state index in [1.807, 2.05) is 6.07 Å². The lowest BCUT2D eigenvalue weighted by Gasteiger charge is -2.04. The van der Waals surface area contributed by atoms with Crippen LogP contribution in [0, 0.1) is 23.0 Å².